The molecule has 2 aromatic rings. The zero-order chi connectivity index (χ0) is 20.2. The summed E-state index contributed by atoms with van der Waals surface area (Å²) in [5.74, 6) is 0.279. The normalized spacial score (nSPS) is 20.7. The summed E-state index contributed by atoms with van der Waals surface area (Å²) in [5, 5.41) is 13.0. The number of nitrogens with zero attached hydrogens (tertiary/aromatic N) is 3. The van der Waals surface area contributed by atoms with Crippen LogP contribution in [0.2, 0.25) is 0 Å². The number of anilines is 1. The Morgan fingerprint density at radius 2 is 2.17 bits per heavy atom. The summed E-state index contributed by atoms with van der Waals surface area (Å²) in [5.41, 5.74) is 5.74. The Labute approximate surface area is 168 Å². The van der Waals surface area contributed by atoms with Gasteiger partial charge in [-0.05, 0) is 54.4 Å². The van der Waals surface area contributed by atoms with E-state index < -0.39 is 15.9 Å². The highest BCUT2D eigenvalue weighted by Crippen LogP contribution is 2.39. The molecule has 0 radical (unpaired) electrons. The van der Waals surface area contributed by atoms with E-state index in [1.54, 1.807) is 11.8 Å². The fourth-order valence-corrected chi connectivity index (χ4v) is 5.36. The second-order valence-corrected chi connectivity index (χ2v) is 9.42. The molecule has 0 saturated heterocycles. The van der Waals surface area contributed by atoms with Crippen molar-refractivity contribution in [3.8, 4) is 5.88 Å². The number of aromatic nitrogens is 2. The number of hydrogen-bond acceptors (Lipinski definition) is 5. The molecule has 154 valence electrons. The molecule has 2 atom stereocenters. The Morgan fingerprint density at radius 1 is 1.38 bits per heavy atom. The van der Waals surface area contributed by atoms with Crippen LogP contribution in [0.1, 0.15) is 28.7 Å². The lowest BCUT2D eigenvalue weighted by molar-refractivity contribution is 0.0920. The number of aryl methyl sites for hydroxylation is 2. The van der Waals surface area contributed by atoms with E-state index in [2.05, 4.69) is 20.8 Å². The van der Waals surface area contributed by atoms with Crippen LogP contribution in [0.25, 0.3) is 0 Å². The van der Waals surface area contributed by atoms with Crippen molar-refractivity contribution in [3.63, 3.8) is 0 Å². The minimum absolute atomic E-state index is 0.123. The standard InChI is InChI=1S/C19H23N5O4S/c1-27-10-13-9-24-18(28-13)16(8-21-24)29(20,26)23-19(25)22-17-14-4-2-3-11(14)7-12-5-6-15(12)17/h7-8,13H,2-6,9-10H2,1H3,(H3,20,22,23,25,26)/t13-,29+/m1/s1. The van der Waals surface area contributed by atoms with Gasteiger partial charge in [-0.3, -0.25) is 0 Å². The number of urea groups is 1. The molecule has 29 heavy (non-hydrogen) atoms. The predicted octanol–water partition coefficient (Wildman–Crippen LogP) is 1.81. The number of methoxy groups -OCH3 is 1. The first-order chi connectivity index (χ1) is 14.0. The topological polar surface area (TPSA) is 121 Å². The lowest BCUT2D eigenvalue weighted by Crippen LogP contribution is -2.22. The average molecular weight is 417 g/mol. The van der Waals surface area contributed by atoms with Crippen LogP contribution < -0.4 is 15.2 Å². The second kappa shape index (κ2) is 6.82. The number of carbonyl (C=O) groups excluding carboxylic acids is 1. The van der Waals surface area contributed by atoms with Crippen molar-refractivity contribution in [1.29, 1.82) is 0 Å². The fourth-order valence-electron chi connectivity index (χ4n) is 4.36. The van der Waals surface area contributed by atoms with Gasteiger partial charge in [-0.2, -0.15) is 5.10 Å². The van der Waals surface area contributed by atoms with Crippen LogP contribution in [0, 0.1) is 0 Å². The smallest absolute Gasteiger partial charge is 0.354 e. The third kappa shape index (κ3) is 3.11. The first-order valence-electron chi connectivity index (χ1n) is 9.70. The summed E-state index contributed by atoms with van der Waals surface area (Å²) in [7, 11) is -1.93. The van der Waals surface area contributed by atoms with Crippen molar-refractivity contribution in [2.75, 3.05) is 19.0 Å². The number of benzene rings is 1. The molecule has 1 aromatic carbocycles. The van der Waals surface area contributed by atoms with Crippen LogP contribution in [-0.4, -0.2) is 39.8 Å². The number of fused-ring (bicyclic) bond motifs is 3. The van der Waals surface area contributed by atoms with Crippen LogP contribution in [0.15, 0.2) is 21.5 Å². The van der Waals surface area contributed by atoms with Crippen LogP contribution in [0.3, 0.4) is 0 Å². The molecule has 1 aliphatic heterocycles. The van der Waals surface area contributed by atoms with E-state index in [1.807, 2.05) is 0 Å². The van der Waals surface area contributed by atoms with Gasteiger partial charge in [0.1, 0.15) is 11.0 Å². The highest BCUT2D eigenvalue weighted by Gasteiger charge is 2.31. The number of rotatable bonds is 4. The number of nitrogens with one attached hydrogen (secondary N) is 1. The van der Waals surface area contributed by atoms with Crippen molar-refractivity contribution in [2.45, 2.75) is 49.6 Å². The highest BCUT2D eigenvalue weighted by molar-refractivity contribution is 7.91. The van der Waals surface area contributed by atoms with E-state index in [4.69, 9.17) is 14.6 Å². The number of hydrogen-bond donors (Lipinski definition) is 2. The minimum Gasteiger partial charge on any atom is -0.469 e. The maximum absolute atomic E-state index is 13.1. The molecule has 2 amide bonds. The second-order valence-electron chi connectivity index (χ2n) is 7.66. The van der Waals surface area contributed by atoms with Gasteiger partial charge in [-0.1, -0.05) is 6.07 Å². The van der Waals surface area contributed by atoms with E-state index in [1.165, 1.54) is 22.9 Å². The molecule has 2 aliphatic carbocycles. The molecule has 3 N–H and O–H groups in total. The molecule has 10 heteroatoms. The molecule has 1 aromatic heterocycles. The molecule has 2 heterocycles. The molecular weight excluding hydrogens is 394 g/mol. The third-order valence-corrected chi connectivity index (χ3v) is 7.12. The number of amides is 2. The lowest BCUT2D eigenvalue weighted by atomic mass is 9.83. The van der Waals surface area contributed by atoms with E-state index in [0.717, 1.165) is 43.4 Å². The Kier molecular flexibility index (Phi) is 4.37. The van der Waals surface area contributed by atoms with Crippen LogP contribution in [0.4, 0.5) is 10.5 Å². The van der Waals surface area contributed by atoms with E-state index >= 15 is 0 Å². The third-order valence-electron chi connectivity index (χ3n) is 5.78. The van der Waals surface area contributed by atoms with Crippen molar-refractivity contribution >= 4 is 21.6 Å². The number of carbonyl (C=O) groups is 1. The number of nitrogens with two attached hydrogens (primary N) is 1. The van der Waals surface area contributed by atoms with Gasteiger partial charge in [-0.15, -0.1) is 4.36 Å². The summed E-state index contributed by atoms with van der Waals surface area (Å²) in [6, 6.07) is 1.54. The number of ether oxygens (including phenoxy) is 2. The van der Waals surface area contributed by atoms with Gasteiger partial charge < -0.3 is 14.8 Å². The van der Waals surface area contributed by atoms with Crippen molar-refractivity contribution < 1.29 is 18.5 Å². The quantitative estimate of drug-likeness (QED) is 0.786. The zero-order valence-corrected chi connectivity index (χ0v) is 17.0. The van der Waals surface area contributed by atoms with Gasteiger partial charge in [-0.25, -0.2) is 18.8 Å². The van der Waals surface area contributed by atoms with E-state index in [-0.39, 0.29) is 16.9 Å². The average Bonchev–Trinajstić information content (AvgIpc) is 3.32. The summed E-state index contributed by atoms with van der Waals surface area (Å²) in [6.45, 7) is 0.837. The Bertz CT molecular complexity index is 1130. The van der Waals surface area contributed by atoms with Gasteiger partial charge in [0.2, 0.25) is 5.88 Å². The molecule has 0 fully saturated rings. The first-order valence-corrected chi connectivity index (χ1v) is 11.3. The van der Waals surface area contributed by atoms with Gasteiger partial charge in [0.15, 0.2) is 9.92 Å². The largest absolute Gasteiger partial charge is 0.469 e. The van der Waals surface area contributed by atoms with Crippen molar-refractivity contribution in [1.82, 2.24) is 9.78 Å². The van der Waals surface area contributed by atoms with Gasteiger partial charge >= 0.3 is 6.03 Å². The molecule has 0 saturated carbocycles. The first kappa shape index (κ1) is 18.6. The predicted molar refractivity (Wildman–Crippen MR) is 106 cm³/mol. The highest BCUT2D eigenvalue weighted by atomic mass is 32.2. The summed E-state index contributed by atoms with van der Waals surface area (Å²) in [4.78, 5) is 12.8. The monoisotopic (exact) mass is 417 g/mol. The Morgan fingerprint density at radius 3 is 2.93 bits per heavy atom. The van der Waals surface area contributed by atoms with E-state index in [9.17, 15) is 9.00 Å². The van der Waals surface area contributed by atoms with Gasteiger partial charge in [0.25, 0.3) is 0 Å². The van der Waals surface area contributed by atoms with E-state index in [0.29, 0.717) is 13.2 Å². The molecular formula is C19H23N5O4S. The van der Waals surface area contributed by atoms with Crippen molar-refractivity contribution in [3.05, 3.63) is 34.5 Å². The summed E-state index contributed by atoms with van der Waals surface area (Å²) in [6.07, 6.45) is 6.11. The SMILES string of the molecule is COC[C@H]1Cn2ncc([S@@](N)(=O)=NC(=O)Nc3c4c(cc5c3CC5)CCC4)c2O1. The molecule has 0 unspecified atom stereocenters. The summed E-state index contributed by atoms with van der Waals surface area (Å²) < 4.78 is 29.2. The molecule has 9 nitrogen and oxygen atoms in total. The Hall–Kier alpha value is -2.43. The van der Waals surface area contributed by atoms with Gasteiger partial charge in [0, 0.05) is 12.8 Å². The lowest BCUT2D eigenvalue weighted by Gasteiger charge is -2.25. The Balaban J connectivity index is 1.42. The van der Waals surface area contributed by atoms with Crippen LogP contribution in [-0.2, 0) is 46.9 Å². The molecule has 0 spiro atoms. The fraction of sp³-hybridized carbons (Fsp3) is 0.474. The zero-order valence-electron chi connectivity index (χ0n) is 16.1. The molecule has 0 bridgehead atoms. The minimum atomic E-state index is -3.51. The summed E-state index contributed by atoms with van der Waals surface area (Å²) >= 11 is 0. The molecule has 5 rings (SSSR count). The van der Waals surface area contributed by atoms with Gasteiger partial charge in [0.05, 0.1) is 19.3 Å². The van der Waals surface area contributed by atoms with Crippen LogP contribution in [0.5, 0.6) is 5.88 Å². The van der Waals surface area contributed by atoms with Crippen molar-refractivity contribution in [2.24, 2.45) is 9.50 Å². The van der Waals surface area contributed by atoms with Crippen LogP contribution >= 0.6 is 0 Å². The maximum Gasteiger partial charge on any atom is 0.354 e. The maximum atomic E-state index is 13.1. The molecule has 3 aliphatic rings.